The number of likely N-dealkylation sites (N-methyl/N-ethyl adjacent to an activating group) is 1. The van der Waals surface area contributed by atoms with Gasteiger partial charge in [-0.1, -0.05) is 54.6 Å². The highest BCUT2D eigenvalue weighted by molar-refractivity contribution is 6.07. The van der Waals surface area contributed by atoms with E-state index in [2.05, 4.69) is 5.32 Å². The fourth-order valence-corrected chi connectivity index (χ4v) is 4.83. The SMILES string of the molecule is CNC(=O)[C@H](Cc1cccc2ccccc12)N1C(=O)C[C@@H](CCc2ccc(OC(C)(C)C)cc2)C1=O. The predicted molar refractivity (Wildman–Crippen MR) is 141 cm³/mol. The van der Waals surface area contributed by atoms with Crippen LogP contribution in [0.1, 0.15) is 44.7 Å². The maximum Gasteiger partial charge on any atom is 0.243 e. The molecule has 6 nitrogen and oxygen atoms in total. The molecule has 4 rings (SSSR count). The van der Waals surface area contributed by atoms with Crippen LogP contribution in [0.2, 0.25) is 0 Å². The molecule has 0 unspecified atom stereocenters. The van der Waals surface area contributed by atoms with Crippen molar-refractivity contribution in [3.05, 3.63) is 77.9 Å². The number of imide groups is 1. The number of fused-ring (bicyclic) bond motifs is 1. The summed E-state index contributed by atoms with van der Waals surface area (Å²) in [7, 11) is 1.54. The minimum Gasteiger partial charge on any atom is -0.488 e. The first-order chi connectivity index (χ1) is 17.2. The van der Waals surface area contributed by atoms with E-state index in [1.165, 1.54) is 11.9 Å². The molecule has 3 aromatic carbocycles. The average molecular weight is 487 g/mol. The minimum atomic E-state index is -0.875. The molecule has 0 spiro atoms. The zero-order chi connectivity index (χ0) is 25.9. The first-order valence-electron chi connectivity index (χ1n) is 12.5. The first-order valence-corrected chi connectivity index (χ1v) is 12.5. The summed E-state index contributed by atoms with van der Waals surface area (Å²) in [6.07, 6.45) is 1.63. The monoisotopic (exact) mass is 486 g/mol. The highest BCUT2D eigenvalue weighted by Crippen LogP contribution is 2.29. The topological polar surface area (TPSA) is 75.7 Å². The number of hydrogen-bond acceptors (Lipinski definition) is 4. The third-order valence-electron chi connectivity index (χ3n) is 6.56. The van der Waals surface area contributed by atoms with Crippen LogP contribution in [0.5, 0.6) is 5.75 Å². The van der Waals surface area contributed by atoms with Gasteiger partial charge >= 0.3 is 0 Å². The van der Waals surface area contributed by atoms with Crippen LogP contribution in [0, 0.1) is 5.92 Å². The van der Waals surface area contributed by atoms with Crippen LogP contribution in [-0.2, 0) is 27.2 Å². The van der Waals surface area contributed by atoms with Crippen molar-refractivity contribution in [1.29, 1.82) is 0 Å². The largest absolute Gasteiger partial charge is 0.488 e. The minimum absolute atomic E-state index is 0.132. The van der Waals surface area contributed by atoms with Crippen molar-refractivity contribution in [2.24, 2.45) is 5.92 Å². The van der Waals surface area contributed by atoms with Crippen molar-refractivity contribution in [2.75, 3.05) is 7.05 Å². The van der Waals surface area contributed by atoms with Crippen LogP contribution in [0.25, 0.3) is 10.8 Å². The van der Waals surface area contributed by atoms with Crippen LogP contribution in [0.4, 0.5) is 0 Å². The predicted octanol–water partition coefficient (Wildman–Crippen LogP) is 4.68. The van der Waals surface area contributed by atoms with E-state index in [1.54, 1.807) is 0 Å². The molecule has 1 N–H and O–H groups in total. The Bertz CT molecular complexity index is 1250. The summed E-state index contributed by atoms with van der Waals surface area (Å²) in [4.78, 5) is 40.5. The molecule has 188 valence electrons. The maximum absolute atomic E-state index is 13.4. The van der Waals surface area contributed by atoms with Crippen molar-refractivity contribution in [2.45, 2.75) is 58.1 Å². The Morgan fingerprint density at radius 3 is 2.42 bits per heavy atom. The molecule has 0 aromatic heterocycles. The number of ether oxygens (including phenoxy) is 1. The van der Waals surface area contributed by atoms with Gasteiger partial charge in [-0.3, -0.25) is 19.3 Å². The Morgan fingerprint density at radius 2 is 1.72 bits per heavy atom. The second-order valence-corrected chi connectivity index (χ2v) is 10.4. The fourth-order valence-electron chi connectivity index (χ4n) is 4.83. The summed E-state index contributed by atoms with van der Waals surface area (Å²) in [5.74, 6) is -0.511. The summed E-state index contributed by atoms with van der Waals surface area (Å²) in [5, 5.41) is 4.72. The molecule has 2 atom stereocenters. The lowest BCUT2D eigenvalue weighted by Crippen LogP contribution is -2.50. The van der Waals surface area contributed by atoms with Crippen molar-refractivity contribution < 1.29 is 19.1 Å². The van der Waals surface area contributed by atoms with Crippen LogP contribution in [-0.4, -0.2) is 41.3 Å². The number of likely N-dealkylation sites (tertiary alicyclic amines) is 1. The molecular formula is C30H34N2O4. The van der Waals surface area contributed by atoms with Crippen molar-refractivity contribution in [1.82, 2.24) is 10.2 Å². The molecule has 1 fully saturated rings. The van der Waals surface area contributed by atoms with Gasteiger partial charge in [0, 0.05) is 25.8 Å². The molecule has 0 radical (unpaired) electrons. The number of hydrogen-bond donors (Lipinski definition) is 1. The molecule has 1 saturated heterocycles. The summed E-state index contributed by atoms with van der Waals surface area (Å²) in [6.45, 7) is 6.01. The van der Waals surface area contributed by atoms with E-state index in [9.17, 15) is 14.4 Å². The average Bonchev–Trinajstić information content (AvgIpc) is 3.13. The van der Waals surface area contributed by atoms with Gasteiger partial charge < -0.3 is 10.1 Å². The van der Waals surface area contributed by atoms with E-state index in [4.69, 9.17) is 4.74 Å². The van der Waals surface area contributed by atoms with Crippen molar-refractivity contribution >= 4 is 28.5 Å². The molecule has 1 aliphatic heterocycles. The van der Waals surface area contributed by atoms with Crippen LogP contribution < -0.4 is 10.1 Å². The van der Waals surface area contributed by atoms with Gasteiger partial charge in [-0.05, 0) is 67.6 Å². The lowest BCUT2D eigenvalue weighted by molar-refractivity contribution is -0.147. The standard InChI is InChI=1S/C30H34N2O4/c1-30(2,3)36-24-16-13-20(14-17-24)12-15-23-19-27(33)32(29(23)35)26(28(34)31-4)18-22-10-7-9-21-8-5-6-11-25(21)22/h5-11,13-14,16-17,23,26H,12,15,18-19H2,1-4H3,(H,31,34)/t23-,26+/m1/s1. The molecule has 0 bridgehead atoms. The highest BCUT2D eigenvalue weighted by Gasteiger charge is 2.44. The zero-order valence-electron chi connectivity index (χ0n) is 21.4. The first kappa shape index (κ1) is 25.4. The number of rotatable bonds is 8. The summed E-state index contributed by atoms with van der Waals surface area (Å²) >= 11 is 0. The maximum atomic E-state index is 13.4. The van der Waals surface area contributed by atoms with Gasteiger partial charge in [-0.2, -0.15) is 0 Å². The third-order valence-corrected chi connectivity index (χ3v) is 6.56. The molecule has 1 aliphatic rings. The quantitative estimate of drug-likeness (QED) is 0.469. The van der Waals surface area contributed by atoms with Crippen molar-refractivity contribution in [3.8, 4) is 5.75 Å². The molecule has 3 amide bonds. The van der Waals surface area contributed by atoms with Crippen molar-refractivity contribution in [3.63, 3.8) is 0 Å². The van der Waals surface area contributed by atoms with Gasteiger partial charge in [0.2, 0.25) is 17.7 Å². The molecule has 0 saturated carbocycles. The van der Waals surface area contributed by atoms with Gasteiger partial charge in [0.15, 0.2) is 0 Å². The Balaban J connectivity index is 1.47. The van der Waals surface area contributed by atoms with Gasteiger partial charge in [-0.25, -0.2) is 0 Å². The fraction of sp³-hybridized carbons (Fsp3) is 0.367. The number of benzene rings is 3. The summed E-state index contributed by atoms with van der Waals surface area (Å²) in [6, 6.07) is 20.8. The van der Waals surface area contributed by atoms with Crippen LogP contribution in [0.3, 0.4) is 0 Å². The molecule has 36 heavy (non-hydrogen) atoms. The third kappa shape index (κ3) is 5.76. The molecule has 0 aliphatic carbocycles. The lowest BCUT2D eigenvalue weighted by Gasteiger charge is -2.26. The molecule has 1 heterocycles. The number of carbonyl (C=O) groups excluding carboxylic acids is 3. The Morgan fingerprint density at radius 1 is 1.03 bits per heavy atom. The summed E-state index contributed by atoms with van der Waals surface area (Å²) < 4.78 is 5.87. The Hall–Kier alpha value is -3.67. The highest BCUT2D eigenvalue weighted by atomic mass is 16.5. The number of nitrogens with zero attached hydrogens (tertiary/aromatic N) is 1. The van der Waals surface area contributed by atoms with Gasteiger partial charge in [0.1, 0.15) is 17.4 Å². The van der Waals surface area contributed by atoms with E-state index in [0.717, 1.165) is 27.6 Å². The van der Waals surface area contributed by atoms with Gasteiger partial charge in [0.25, 0.3) is 0 Å². The molecule has 3 aromatic rings. The normalized spacial score (nSPS) is 16.9. The zero-order valence-corrected chi connectivity index (χ0v) is 21.4. The van der Waals surface area contributed by atoms with Gasteiger partial charge in [0.05, 0.1) is 0 Å². The van der Waals surface area contributed by atoms with E-state index in [0.29, 0.717) is 12.8 Å². The summed E-state index contributed by atoms with van der Waals surface area (Å²) in [5.41, 5.74) is 1.74. The molecule has 6 heteroatoms. The van der Waals surface area contributed by atoms with E-state index in [-0.39, 0.29) is 36.2 Å². The smallest absolute Gasteiger partial charge is 0.243 e. The Labute approximate surface area is 212 Å². The Kier molecular flexibility index (Phi) is 7.43. The van der Waals surface area contributed by atoms with Crippen LogP contribution >= 0.6 is 0 Å². The second-order valence-electron chi connectivity index (χ2n) is 10.4. The number of nitrogens with one attached hydrogen (secondary N) is 1. The number of amides is 3. The van der Waals surface area contributed by atoms with E-state index < -0.39 is 12.0 Å². The lowest BCUT2D eigenvalue weighted by atomic mass is 9.96. The van der Waals surface area contributed by atoms with E-state index in [1.807, 2.05) is 87.5 Å². The van der Waals surface area contributed by atoms with Crippen LogP contribution in [0.15, 0.2) is 66.7 Å². The number of aryl methyl sites for hydroxylation is 1. The van der Waals surface area contributed by atoms with E-state index >= 15 is 0 Å². The molecular weight excluding hydrogens is 452 g/mol. The number of carbonyl (C=O) groups is 3. The second kappa shape index (κ2) is 10.5. The van der Waals surface area contributed by atoms with Gasteiger partial charge in [-0.15, -0.1) is 0 Å².